The van der Waals surface area contributed by atoms with Crippen LogP contribution in [0, 0.1) is 0 Å². The molecule has 0 spiro atoms. The summed E-state index contributed by atoms with van der Waals surface area (Å²) in [6.45, 7) is 0. The van der Waals surface area contributed by atoms with Crippen LogP contribution in [0.4, 0.5) is 0 Å². The molecule has 0 nitrogen and oxygen atoms in total. The van der Waals surface area contributed by atoms with Crippen LogP contribution in [-0.2, 0) is 70.7 Å². The molecule has 0 aliphatic heterocycles. The van der Waals surface area contributed by atoms with Gasteiger partial charge in [0.15, 0.2) is 17.4 Å². The molecular weight excluding hydrogens is 267 g/mol. The average Bonchev–Trinajstić information content (AvgIpc) is 0. The molecule has 2 radical (unpaired) electrons. The molecular formula is H3AlCuFeMnZn. The maximum absolute atomic E-state index is 0. The van der Waals surface area contributed by atoms with E-state index in [0.717, 1.165) is 0 Å². The van der Waals surface area contributed by atoms with Crippen molar-refractivity contribution in [2.24, 2.45) is 0 Å². The third kappa shape index (κ3) is 20.3. The summed E-state index contributed by atoms with van der Waals surface area (Å²) >= 11 is 0. The summed E-state index contributed by atoms with van der Waals surface area (Å²) in [6, 6.07) is 0. The fourth-order valence-electron chi connectivity index (χ4n) is 0. The van der Waals surface area contributed by atoms with Gasteiger partial charge in [-0.25, -0.2) is 0 Å². The van der Waals surface area contributed by atoms with Gasteiger partial charge in [0.2, 0.25) is 0 Å². The van der Waals surface area contributed by atoms with Crippen LogP contribution in [-0.4, -0.2) is 17.4 Å². The number of rotatable bonds is 0. The Morgan fingerprint density at radius 1 is 1.00 bits per heavy atom. The van der Waals surface area contributed by atoms with E-state index in [1.165, 1.54) is 0 Å². The maximum atomic E-state index is 0. The van der Waals surface area contributed by atoms with E-state index in [2.05, 4.69) is 0 Å². The monoisotopic (exact) mass is 268 g/mol. The molecule has 0 saturated heterocycles. The van der Waals surface area contributed by atoms with Gasteiger partial charge < -0.3 is 0 Å². The molecule has 0 heterocycles. The standard InChI is InChI=1S/Al.Cu.Fe.Mn.Zn.3H. The van der Waals surface area contributed by atoms with Gasteiger partial charge in [0.25, 0.3) is 0 Å². The van der Waals surface area contributed by atoms with Crippen LogP contribution in [0.5, 0.6) is 0 Å². The van der Waals surface area contributed by atoms with Crippen molar-refractivity contribution in [1.82, 2.24) is 0 Å². The fourth-order valence-corrected chi connectivity index (χ4v) is 0. The number of hydrogen-bond donors (Lipinski definition) is 0. The van der Waals surface area contributed by atoms with Crippen LogP contribution in [0.3, 0.4) is 0 Å². The van der Waals surface area contributed by atoms with Crippen molar-refractivity contribution in [1.29, 1.82) is 0 Å². The smallest absolute Gasteiger partial charge is 0 e. The summed E-state index contributed by atoms with van der Waals surface area (Å²) in [6.07, 6.45) is 0. The van der Waals surface area contributed by atoms with Crippen molar-refractivity contribution in [3.05, 3.63) is 0 Å². The van der Waals surface area contributed by atoms with Crippen LogP contribution >= 0.6 is 0 Å². The molecule has 5 heteroatoms. The van der Waals surface area contributed by atoms with Crippen LogP contribution in [0.25, 0.3) is 0 Å². The first-order valence-corrected chi connectivity index (χ1v) is 0. The second-order valence-electron chi connectivity index (χ2n) is 0. The molecule has 0 aromatic carbocycles. The van der Waals surface area contributed by atoms with Crippen molar-refractivity contribution in [3.63, 3.8) is 0 Å². The predicted octanol–water partition coefficient (Wildman–Crippen LogP) is -1.19. The van der Waals surface area contributed by atoms with Gasteiger partial charge >= 0.3 is 0 Å². The van der Waals surface area contributed by atoms with E-state index in [4.69, 9.17) is 0 Å². The molecule has 0 aromatic rings. The van der Waals surface area contributed by atoms with E-state index in [-0.39, 0.29) is 88.0 Å². The molecule has 0 N–H and O–H groups in total. The molecule has 0 fully saturated rings. The van der Waals surface area contributed by atoms with Crippen LogP contribution in [0.1, 0.15) is 0 Å². The summed E-state index contributed by atoms with van der Waals surface area (Å²) in [5.41, 5.74) is 0. The Bertz CT molecular complexity index is 11.6. The molecule has 0 rings (SSSR count). The van der Waals surface area contributed by atoms with Gasteiger partial charge in [-0.2, -0.15) is 0 Å². The van der Waals surface area contributed by atoms with Crippen molar-refractivity contribution >= 4 is 17.4 Å². The Morgan fingerprint density at radius 3 is 1.00 bits per heavy atom. The molecule has 0 unspecified atom stereocenters. The van der Waals surface area contributed by atoms with Gasteiger partial charge in [-0.15, -0.1) is 0 Å². The van der Waals surface area contributed by atoms with Crippen molar-refractivity contribution in [2.45, 2.75) is 0 Å². The summed E-state index contributed by atoms with van der Waals surface area (Å²) < 4.78 is 0. The molecule has 0 aliphatic rings. The van der Waals surface area contributed by atoms with Gasteiger partial charge in [0.1, 0.15) is 0 Å². The molecule has 34 valence electrons. The van der Waals surface area contributed by atoms with E-state index in [0.29, 0.717) is 0 Å². The Labute approximate surface area is 86.9 Å². The average molecular weight is 270 g/mol. The van der Waals surface area contributed by atoms with Gasteiger partial charge in [0, 0.05) is 70.7 Å². The normalized spacial score (nSPS) is 0. The maximum Gasteiger partial charge on any atom is 0.187 e. The van der Waals surface area contributed by atoms with E-state index >= 15 is 0 Å². The SMILES string of the molecule is [AlH3].[Cu].[Fe].[Mn].[Zn]. The van der Waals surface area contributed by atoms with E-state index in [1.54, 1.807) is 0 Å². The quantitative estimate of drug-likeness (QED) is 0.485. The first-order chi connectivity index (χ1) is 0. The zero-order valence-corrected chi connectivity index (χ0v) is 7.93. The van der Waals surface area contributed by atoms with E-state index in [1.807, 2.05) is 0 Å². The predicted molar refractivity (Wildman–Crippen MR) is 9.94 cm³/mol. The molecule has 0 saturated carbocycles. The van der Waals surface area contributed by atoms with E-state index in [9.17, 15) is 0 Å². The Morgan fingerprint density at radius 2 is 1.00 bits per heavy atom. The fraction of sp³-hybridized carbons (Fsp3) is 0. The largest absolute Gasteiger partial charge is 0.187 e. The Balaban J connectivity index is 0. The van der Waals surface area contributed by atoms with Gasteiger partial charge in [0.05, 0.1) is 0 Å². The summed E-state index contributed by atoms with van der Waals surface area (Å²) in [5.74, 6) is 0. The molecule has 0 aliphatic carbocycles. The van der Waals surface area contributed by atoms with Crippen molar-refractivity contribution in [3.8, 4) is 0 Å². The molecule has 5 heavy (non-hydrogen) atoms. The molecule has 0 aromatic heterocycles. The van der Waals surface area contributed by atoms with Crippen molar-refractivity contribution in [2.75, 3.05) is 0 Å². The minimum Gasteiger partial charge on any atom is 0 e. The topological polar surface area (TPSA) is 0 Å². The second kappa shape index (κ2) is 29.8. The first kappa shape index (κ1) is 47.2. The van der Waals surface area contributed by atoms with Gasteiger partial charge in [-0.3, -0.25) is 0 Å². The minimum atomic E-state index is 0. The summed E-state index contributed by atoms with van der Waals surface area (Å²) in [7, 11) is 0. The van der Waals surface area contributed by atoms with Crippen molar-refractivity contribution < 1.29 is 70.7 Å². The third-order valence-corrected chi connectivity index (χ3v) is 0. The molecule has 0 atom stereocenters. The Hall–Kier alpha value is 2.71. The molecule has 0 bridgehead atoms. The first-order valence-electron chi connectivity index (χ1n) is 0. The zero-order chi connectivity index (χ0) is 0. The van der Waals surface area contributed by atoms with E-state index < -0.39 is 0 Å². The zero-order valence-electron chi connectivity index (χ0n) is 1.74. The molecule has 0 amide bonds. The summed E-state index contributed by atoms with van der Waals surface area (Å²) in [5, 5.41) is 0. The third-order valence-electron chi connectivity index (χ3n) is 0. The van der Waals surface area contributed by atoms with Crippen LogP contribution in [0.2, 0.25) is 0 Å². The van der Waals surface area contributed by atoms with Crippen LogP contribution in [0.15, 0.2) is 0 Å². The van der Waals surface area contributed by atoms with Crippen LogP contribution < -0.4 is 0 Å². The van der Waals surface area contributed by atoms with Gasteiger partial charge in [-0.1, -0.05) is 0 Å². The minimum absolute atomic E-state index is 0. The van der Waals surface area contributed by atoms with Gasteiger partial charge in [-0.05, 0) is 0 Å². The second-order valence-corrected chi connectivity index (χ2v) is 0. The Kier molecular flexibility index (Phi) is 281. The number of hydrogen-bond acceptors (Lipinski definition) is 0. The summed E-state index contributed by atoms with van der Waals surface area (Å²) in [4.78, 5) is 0.